The highest BCUT2D eigenvalue weighted by Crippen LogP contribution is 1.99. The van der Waals surface area contributed by atoms with Crippen LogP contribution in [-0.4, -0.2) is 48.6 Å². The van der Waals surface area contributed by atoms with Gasteiger partial charge in [-0.3, -0.25) is 9.59 Å². The highest BCUT2D eigenvalue weighted by Gasteiger charge is 2.02. The first-order chi connectivity index (χ1) is 7.56. The molecule has 0 atom stereocenters. The number of carbonyl (C=O) groups is 2. The number of nitrogens with one attached hydrogen (secondary N) is 1. The maximum absolute atomic E-state index is 11.3. The van der Waals surface area contributed by atoms with Crippen molar-refractivity contribution in [3.8, 4) is 0 Å². The summed E-state index contributed by atoms with van der Waals surface area (Å²) < 4.78 is 0. The van der Waals surface area contributed by atoms with E-state index in [-0.39, 0.29) is 12.3 Å². The van der Waals surface area contributed by atoms with E-state index in [1.54, 1.807) is 0 Å². The third-order valence-electron chi connectivity index (χ3n) is 2.40. The average Bonchev–Trinajstić information content (AvgIpc) is 2.24. The lowest BCUT2D eigenvalue weighted by molar-refractivity contribution is -0.137. The SMILES string of the molecule is CCN(C)CCNC(=O)CCCCC(=O)O. The first-order valence-electron chi connectivity index (χ1n) is 5.73. The number of amides is 1. The fourth-order valence-corrected chi connectivity index (χ4v) is 1.19. The Morgan fingerprint density at radius 1 is 1.25 bits per heavy atom. The van der Waals surface area contributed by atoms with E-state index in [0.29, 0.717) is 25.8 Å². The summed E-state index contributed by atoms with van der Waals surface area (Å²) in [6, 6.07) is 0. The van der Waals surface area contributed by atoms with Crippen molar-refractivity contribution in [1.29, 1.82) is 0 Å². The summed E-state index contributed by atoms with van der Waals surface area (Å²) in [5, 5.41) is 11.2. The van der Waals surface area contributed by atoms with Gasteiger partial charge in [-0.15, -0.1) is 0 Å². The summed E-state index contributed by atoms with van der Waals surface area (Å²) in [6.45, 7) is 4.53. The van der Waals surface area contributed by atoms with Crippen molar-refractivity contribution in [2.75, 3.05) is 26.7 Å². The molecule has 2 N–H and O–H groups in total. The summed E-state index contributed by atoms with van der Waals surface area (Å²) in [4.78, 5) is 23.6. The Labute approximate surface area is 96.8 Å². The number of hydrogen-bond donors (Lipinski definition) is 2. The number of unbranched alkanes of at least 4 members (excludes halogenated alkanes) is 1. The van der Waals surface area contributed by atoms with Crippen LogP contribution in [0.1, 0.15) is 32.6 Å². The number of hydrogen-bond acceptors (Lipinski definition) is 3. The molecule has 0 aliphatic carbocycles. The lowest BCUT2D eigenvalue weighted by Crippen LogP contribution is -2.32. The fraction of sp³-hybridized carbons (Fsp3) is 0.818. The number of carboxylic acids is 1. The average molecular weight is 230 g/mol. The number of nitrogens with zero attached hydrogens (tertiary/aromatic N) is 1. The van der Waals surface area contributed by atoms with Gasteiger partial charge in [-0.25, -0.2) is 0 Å². The van der Waals surface area contributed by atoms with Gasteiger partial charge in [0.2, 0.25) is 5.91 Å². The van der Waals surface area contributed by atoms with E-state index >= 15 is 0 Å². The maximum atomic E-state index is 11.3. The van der Waals surface area contributed by atoms with Crippen molar-refractivity contribution in [1.82, 2.24) is 10.2 Å². The minimum Gasteiger partial charge on any atom is -0.481 e. The topological polar surface area (TPSA) is 69.6 Å². The molecule has 0 aromatic heterocycles. The van der Waals surface area contributed by atoms with E-state index in [1.807, 2.05) is 7.05 Å². The molecule has 5 nitrogen and oxygen atoms in total. The van der Waals surface area contributed by atoms with Gasteiger partial charge in [0.05, 0.1) is 0 Å². The number of rotatable bonds is 9. The summed E-state index contributed by atoms with van der Waals surface area (Å²) in [6.07, 6.45) is 1.77. The number of aliphatic carboxylic acids is 1. The first-order valence-corrected chi connectivity index (χ1v) is 5.73. The normalized spacial score (nSPS) is 10.4. The summed E-state index contributed by atoms with van der Waals surface area (Å²) in [5.41, 5.74) is 0. The Hall–Kier alpha value is -1.10. The van der Waals surface area contributed by atoms with Crippen LogP contribution in [-0.2, 0) is 9.59 Å². The Morgan fingerprint density at radius 2 is 1.88 bits per heavy atom. The molecule has 0 spiro atoms. The first kappa shape index (κ1) is 14.9. The smallest absolute Gasteiger partial charge is 0.303 e. The molecule has 0 saturated carbocycles. The standard InChI is InChI=1S/C11H22N2O3/c1-3-13(2)9-8-12-10(14)6-4-5-7-11(15)16/h3-9H2,1-2H3,(H,12,14)(H,15,16). The largest absolute Gasteiger partial charge is 0.481 e. The molecule has 0 aliphatic heterocycles. The van der Waals surface area contributed by atoms with Crippen LogP contribution in [0.2, 0.25) is 0 Å². The Kier molecular flexibility index (Phi) is 8.52. The number of carboxylic acid groups (broad SMARTS) is 1. The highest BCUT2D eigenvalue weighted by molar-refractivity contribution is 5.75. The van der Waals surface area contributed by atoms with E-state index in [0.717, 1.165) is 13.1 Å². The third kappa shape index (κ3) is 9.45. The fourth-order valence-electron chi connectivity index (χ4n) is 1.19. The second kappa shape index (κ2) is 9.15. The molecule has 1 amide bonds. The molecule has 0 radical (unpaired) electrons. The van der Waals surface area contributed by atoms with Gasteiger partial charge in [-0.1, -0.05) is 6.92 Å². The van der Waals surface area contributed by atoms with Gasteiger partial charge in [0.25, 0.3) is 0 Å². The Morgan fingerprint density at radius 3 is 2.44 bits per heavy atom. The molecule has 0 aromatic rings. The zero-order valence-corrected chi connectivity index (χ0v) is 10.2. The minimum atomic E-state index is -0.801. The number of carbonyl (C=O) groups excluding carboxylic acids is 1. The molecular weight excluding hydrogens is 208 g/mol. The highest BCUT2D eigenvalue weighted by atomic mass is 16.4. The summed E-state index contributed by atoms with van der Waals surface area (Å²) in [5.74, 6) is -0.792. The van der Waals surface area contributed by atoms with E-state index in [2.05, 4.69) is 17.1 Å². The molecule has 0 rings (SSSR count). The van der Waals surface area contributed by atoms with Crippen LogP contribution in [0.15, 0.2) is 0 Å². The van der Waals surface area contributed by atoms with E-state index in [1.165, 1.54) is 0 Å². The van der Waals surface area contributed by atoms with Gasteiger partial charge in [-0.05, 0) is 26.4 Å². The maximum Gasteiger partial charge on any atom is 0.303 e. The molecule has 0 aromatic carbocycles. The second-order valence-electron chi connectivity index (χ2n) is 3.85. The molecule has 0 heterocycles. The second-order valence-corrected chi connectivity index (χ2v) is 3.85. The molecule has 0 fully saturated rings. The van der Waals surface area contributed by atoms with Crippen molar-refractivity contribution in [2.45, 2.75) is 32.6 Å². The molecule has 0 aliphatic rings. The molecule has 16 heavy (non-hydrogen) atoms. The van der Waals surface area contributed by atoms with Gasteiger partial charge < -0.3 is 15.3 Å². The van der Waals surface area contributed by atoms with E-state index in [4.69, 9.17) is 5.11 Å². The molecule has 0 unspecified atom stereocenters. The van der Waals surface area contributed by atoms with Gasteiger partial charge in [0.1, 0.15) is 0 Å². The minimum absolute atomic E-state index is 0.00916. The lowest BCUT2D eigenvalue weighted by Gasteiger charge is -2.13. The zero-order chi connectivity index (χ0) is 12.4. The zero-order valence-electron chi connectivity index (χ0n) is 10.2. The monoisotopic (exact) mass is 230 g/mol. The van der Waals surface area contributed by atoms with Crippen LogP contribution < -0.4 is 5.32 Å². The predicted octanol–water partition coefficient (Wildman–Crippen LogP) is 0.699. The van der Waals surface area contributed by atoms with E-state index < -0.39 is 5.97 Å². The van der Waals surface area contributed by atoms with Crippen LogP contribution in [0.25, 0.3) is 0 Å². The van der Waals surface area contributed by atoms with Crippen molar-refractivity contribution in [3.63, 3.8) is 0 Å². The quantitative estimate of drug-likeness (QED) is 0.572. The van der Waals surface area contributed by atoms with Gasteiger partial charge in [0.15, 0.2) is 0 Å². The van der Waals surface area contributed by atoms with Crippen LogP contribution in [0.4, 0.5) is 0 Å². The van der Waals surface area contributed by atoms with E-state index in [9.17, 15) is 9.59 Å². The van der Waals surface area contributed by atoms with Gasteiger partial charge in [0, 0.05) is 25.9 Å². The Balaban J connectivity index is 3.34. The Bertz CT molecular complexity index is 219. The molecular formula is C11H22N2O3. The van der Waals surface area contributed by atoms with Crippen LogP contribution in [0, 0.1) is 0 Å². The molecule has 0 saturated heterocycles. The molecule has 94 valence electrons. The van der Waals surface area contributed by atoms with Crippen molar-refractivity contribution in [2.24, 2.45) is 0 Å². The van der Waals surface area contributed by atoms with Crippen molar-refractivity contribution < 1.29 is 14.7 Å². The summed E-state index contributed by atoms with van der Waals surface area (Å²) >= 11 is 0. The van der Waals surface area contributed by atoms with Crippen molar-refractivity contribution >= 4 is 11.9 Å². The molecule has 5 heteroatoms. The molecule has 0 bridgehead atoms. The van der Waals surface area contributed by atoms with Gasteiger partial charge >= 0.3 is 5.97 Å². The summed E-state index contributed by atoms with van der Waals surface area (Å²) in [7, 11) is 2.00. The van der Waals surface area contributed by atoms with Crippen LogP contribution in [0.5, 0.6) is 0 Å². The predicted molar refractivity (Wildman–Crippen MR) is 62.3 cm³/mol. The number of likely N-dealkylation sites (N-methyl/N-ethyl adjacent to an activating group) is 1. The van der Waals surface area contributed by atoms with Gasteiger partial charge in [-0.2, -0.15) is 0 Å². The van der Waals surface area contributed by atoms with Crippen LogP contribution in [0.3, 0.4) is 0 Å². The van der Waals surface area contributed by atoms with Crippen LogP contribution >= 0.6 is 0 Å². The van der Waals surface area contributed by atoms with Crippen molar-refractivity contribution in [3.05, 3.63) is 0 Å². The third-order valence-corrected chi connectivity index (χ3v) is 2.40. The lowest BCUT2D eigenvalue weighted by atomic mass is 10.2.